The van der Waals surface area contributed by atoms with E-state index in [4.69, 9.17) is 4.74 Å². The maximum atomic E-state index is 11.7. The van der Waals surface area contributed by atoms with Crippen LogP contribution in [0.3, 0.4) is 0 Å². The SMILES string of the molecule is CCCOCCC(=O)NCCC(=O)F. The van der Waals surface area contributed by atoms with Crippen LogP contribution in [-0.2, 0) is 14.3 Å². The van der Waals surface area contributed by atoms with Crippen molar-refractivity contribution in [1.29, 1.82) is 0 Å². The summed E-state index contributed by atoms with van der Waals surface area (Å²) in [6, 6.07) is -1.41. The molecule has 0 aliphatic carbocycles. The summed E-state index contributed by atoms with van der Waals surface area (Å²) in [5, 5.41) is 2.41. The fourth-order valence-electron chi connectivity index (χ4n) is 0.800. The Hall–Kier alpha value is -0.970. The standard InChI is InChI=1S/C9H16FNO3/c1-2-6-14-7-4-9(13)11-5-3-8(10)12/h2-7H2,1H3,(H,11,13). The van der Waals surface area contributed by atoms with Crippen molar-refractivity contribution in [1.82, 2.24) is 5.32 Å². The van der Waals surface area contributed by atoms with Crippen LogP contribution in [0.2, 0.25) is 0 Å². The second kappa shape index (κ2) is 8.62. The smallest absolute Gasteiger partial charge is 0.303 e. The molecular weight excluding hydrogens is 189 g/mol. The molecule has 0 aliphatic heterocycles. The van der Waals surface area contributed by atoms with Crippen LogP contribution in [0.25, 0.3) is 0 Å². The minimum absolute atomic E-state index is 0.0575. The molecule has 14 heavy (non-hydrogen) atoms. The molecule has 0 aromatic rings. The van der Waals surface area contributed by atoms with E-state index in [0.29, 0.717) is 13.2 Å². The van der Waals surface area contributed by atoms with E-state index in [1.165, 1.54) is 0 Å². The summed E-state index contributed by atoms with van der Waals surface area (Å²) >= 11 is 0. The second-order valence-electron chi connectivity index (χ2n) is 2.82. The third kappa shape index (κ3) is 9.12. The Bertz CT molecular complexity index is 185. The highest BCUT2D eigenvalue weighted by atomic mass is 19.1. The van der Waals surface area contributed by atoms with Gasteiger partial charge in [-0.1, -0.05) is 6.92 Å². The second-order valence-corrected chi connectivity index (χ2v) is 2.82. The Kier molecular flexibility index (Phi) is 8.02. The number of carbonyl (C=O) groups is 2. The molecule has 0 fully saturated rings. The fraction of sp³-hybridized carbons (Fsp3) is 0.778. The summed E-state index contributed by atoms with van der Waals surface area (Å²) in [5.74, 6) is -0.220. The zero-order chi connectivity index (χ0) is 10.8. The number of halogens is 1. The Morgan fingerprint density at radius 1 is 1.29 bits per heavy atom. The van der Waals surface area contributed by atoms with Crippen molar-refractivity contribution >= 4 is 11.9 Å². The largest absolute Gasteiger partial charge is 0.381 e. The van der Waals surface area contributed by atoms with E-state index in [1.807, 2.05) is 6.92 Å². The van der Waals surface area contributed by atoms with Gasteiger partial charge in [-0.05, 0) is 6.42 Å². The van der Waals surface area contributed by atoms with E-state index >= 15 is 0 Å². The normalized spacial score (nSPS) is 9.86. The molecule has 0 saturated heterocycles. The van der Waals surface area contributed by atoms with E-state index < -0.39 is 6.04 Å². The Labute approximate surface area is 82.8 Å². The molecule has 4 nitrogen and oxygen atoms in total. The predicted molar refractivity (Wildman–Crippen MR) is 49.5 cm³/mol. The van der Waals surface area contributed by atoms with E-state index in [2.05, 4.69) is 5.32 Å². The lowest BCUT2D eigenvalue weighted by molar-refractivity contribution is -0.129. The van der Waals surface area contributed by atoms with E-state index in [9.17, 15) is 14.0 Å². The van der Waals surface area contributed by atoms with Gasteiger partial charge in [0.25, 0.3) is 0 Å². The summed E-state index contributed by atoms with van der Waals surface area (Å²) in [6.07, 6.45) is 0.903. The molecular formula is C9H16FNO3. The van der Waals surface area contributed by atoms with Crippen LogP contribution in [0.15, 0.2) is 0 Å². The molecule has 0 heterocycles. The maximum absolute atomic E-state index is 11.7. The molecule has 0 atom stereocenters. The van der Waals surface area contributed by atoms with Gasteiger partial charge in [0, 0.05) is 19.6 Å². The first-order chi connectivity index (χ1) is 6.66. The van der Waals surface area contributed by atoms with Crippen LogP contribution < -0.4 is 5.32 Å². The molecule has 0 radical (unpaired) electrons. The van der Waals surface area contributed by atoms with Gasteiger partial charge in [0.15, 0.2) is 0 Å². The number of rotatable bonds is 8. The number of amides is 1. The lowest BCUT2D eigenvalue weighted by Gasteiger charge is -2.03. The van der Waals surface area contributed by atoms with E-state index in [1.54, 1.807) is 0 Å². The lowest BCUT2D eigenvalue weighted by atomic mass is 10.4. The molecule has 0 aliphatic rings. The zero-order valence-corrected chi connectivity index (χ0v) is 8.35. The molecule has 0 aromatic heterocycles. The van der Waals surface area contributed by atoms with Crippen molar-refractivity contribution in [2.24, 2.45) is 0 Å². The highest BCUT2D eigenvalue weighted by Crippen LogP contribution is 1.87. The monoisotopic (exact) mass is 205 g/mol. The van der Waals surface area contributed by atoms with Crippen molar-refractivity contribution in [2.45, 2.75) is 26.2 Å². The van der Waals surface area contributed by atoms with Crippen LogP contribution >= 0.6 is 0 Å². The van der Waals surface area contributed by atoms with Gasteiger partial charge in [0.1, 0.15) is 0 Å². The third-order valence-electron chi connectivity index (χ3n) is 1.47. The quantitative estimate of drug-likeness (QED) is 0.471. The molecule has 0 unspecified atom stereocenters. The van der Waals surface area contributed by atoms with Crippen LogP contribution in [-0.4, -0.2) is 31.7 Å². The molecule has 5 heteroatoms. The Morgan fingerprint density at radius 2 is 2.00 bits per heavy atom. The molecule has 1 N–H and O–H groups in total. The molecule has 0 aromatic carbocycles. The number of hydrogen-bond acceptors (Lipinski definition) is 3. The van der Waals surface area contributed by atoms with E-state index in [0.717, 1.165) is 6.42 Å². The molecule has 82 valence electrons. The lowest BCUT2D eigenvalue weighted by Crippen LogP contribution is -2.26. The van der Waals surface area contributed by atoms with Crippen LogP contribution in [0.1, 0.15) is 26.2 Å². The average molecular weight is 205 g/mol. The molecule has 0 bridgehead atoms. The molecule has 0 saturated carbocycles. The van der Waals surface area contributed by atoms with Crippen molar-refractivity contribution in [3.05, 3.63) is 0 Å². The first-order valence-electron chi connectivity index (χ1n) is 4.69. The number of hydrogen-bond donors (Lipinski definition) is 1. The fourth-order valence-corrected chi connectivity index (χ4v) is 0.800. The number of carbonyl (C=O) groups excluding carboxylic acids is 2. The highest BCUT2D eigenvalue weighted by molar-refractivity contribution is 5.76. The first-order valence-corrected chi connectivity index (χ1v) is 4.69. The highest BCUT2D eigenvalue weighted by Gasteiger charge is 2.02. The van der Waals surface area contributed by atoms with Crippen molar-refractivity contribution in [3.8, 4) is 0 Å². The third-order valence-corrected chi connectivity index (χ3v) is 1.47. The Morgan fingerprint density at radius 3 is 2.57 bits per heavy atom. The summed E-state index contributed by atoms with van der Waals surface area (Å²) in [7, 11) is 0. The number of ether oxygens (including phenoxy) is 1. The molecule has 0 rings (SSSR count). The predicted octanol–water partition coefficient (Wildman–Crippen LogP) is 0.806. The van der Waals surface area contributed by atoms with Crippen LogP contribution in [0, 0.1) is 0 Å². The van der Waals surface area contributed by atoms with Crippen molar-refractivity contribution < 1.29 is 18.7 Å². The average Bonchev–Trinajstić information content (AvgIpc) is 2.12. The minimum Gasteiger partial charge on any atom is -0.381 e. The van der Waals surface area contributed by atoms with Gasteiger partial charge in [0.05, 0.1) is 13.0 Å². The van der Waals surface area contributed by atoms with Crippen LogP contribution in [0.5, 0.6) is 0 Å². The Balaban J connectivity index is 3.24. The van der Waals surface area contributed by atoms with Crippen LogP contribution in [0.4, 0.5) is 4.39 Å². The van der Waals surface area contributed by atoms with Gasteiger partial charge in [0.2, 0.25) is 5.91 Å². The van der Waals surface area contributed by atoms with E-state index in [-0.39, 0.29) is 25.3 Å². The number of nitrogens with one attached hydrogen (secondary N) is 1. The zero-order valence-electron chi connectivity index (χ0n) is 8.35. The summed E-state index contributed by atoms with van der Waals surface area (Å²) in [6.45, 7) is 3.04. The van der Waals surface area contributed by atoms with Gasteiger partial charge >= 0.3 is 6.04 Å². The maximum Gasteiger partial charge on any atom is 0.303 e. The first kappa shape index (κ1) is 13.0. The summed E-state index contributed by atoms with van der Waals surface area (Å²) in [5.41, 5.74) is 0. The summed E-state index contributed by atoms with van der Waals surface area (Å²) in [4.78, 5) is 20.8. The molecule has 1 amide bonds. The minimum atomic E-state index is -1.41. The van der Waals surface area contributed by atoms with Gasteiger partial charge in [-0.15, -0.1) is 0 Å². The van der Waals surface area contributed by atoms with Gasteiger partial charge < -0.3 is 10.1 Å². The summed E-state index contributed by atoms with van der Waals surface area (Å²) < 4.78 is 16.8. The van der Waals surface area contributed by atoms with Gasteiger partial charge in [-0.3, -0.25) is 9.59 Å². The molecule has 0 spiro atoms. The van der Waals surface area contributed by atoms with Gasteiger partial charge in [-0.25, -0.2) is 0 Å². The van der Waals surface area contributed by atoms with Crippen molar-refractivity contribution in [3.63, 3.8) is 0 Å². The van der Waals surface area contributed by atoms with Gasteiger partial charge in [-0.2, -0.15) is 4.39 Å². The topological polar surface area (TPSA) is 55.4 Å². The van der Waals surface area contributed by atoms with Crippen molar-refractivity contribution in [2.75, 3.05) is 19.8 Å².